The van der Waals surface area contributed by atoms with Gasteiger partial charge in [0.25, 0.3) is 0 Å². The van der Waals surface area contributed by atoms with Gasteiger partial charge in [-0.25, -0.2) is 0 Å². The van der Waals surface area contributed by atoms with Crippen LogP contribution in [0.1, 0.15) is 19.3 Å². The molecule has 4 aliphatic rings. The molecule has 17 heavy (non-hydrogen) atoms. The highest BCUT2D eigenvalue weighted by atomic mass is 32.3. The molecule has 0 N–H and O–H groups in total. The number of thioether (sulfide) groups is 3. The predicted octanol–water partition coefficient (Wildman–Crippen LogP) is 3.58. The predicted molar refractivity (Wildman–Crippen MR) is 84.8 cm³/mol. The lowest BCUT2D eigenvalue weighted by atomic mass is 10.4. The first-order valence-corrected chi connectivity index (χ1v) is 11.8. The highest BCUT2D eigenvalue weighted by molar-refractivity contribution is 8.47. The van der Waals surface area contributed by atoms with Crippen LogP contribution in [-0.2, 0) is 4.74 Å². The zero-order chi connectivity index (χ0) is 11.3. The molecular formula is C12H20OS4. The molecule has 3 unspecified atom stereocenters. The minimum absolute atomic E-state index is 0.481. The number of rotatable bonds is 4. The summed E-state index contributed by atoms with van der Waals surface area (Å²) in [5.74, 6) is 5.74. The Morgan fingerprint density at radius 1 is 0.941 bits per heavy atom. The molecule has 0 spiro atoms. The molecule has 0 bridgehead atoms. The first-order valence-electron chi connectivity index (χ1n) is 6.63. The van der Waals surface area contributed by atoms with Crippen molar-refractivity contribution in [2.75, 3.05) is 29.6 Å². The fourth-order valence-corrected chi connectivity index (χ4v) is 16.7. The van der Waals surface area contributed by atoms with Gasteiger partial charge in [0.2, 0.25) is 0 Å². The first kappa shape index (κ1) is 12.1. The van der Waals surface area contributed by atoms with E-state index in [1.54, 1.807) is 0 Å². The van der Waals surface area contributed by atoms with Crippen molar-refractivity contribution < 1.29 is 4.74 Å². The minimum atomic E-state index is -0.481. The SMILES string of the molecule is C1CC(S(C2CSC2)(C2CCS2)C2CCS2)O1. The summed E-state index contributed by atoms with van der Waals surface area (Å²) in [7, 11) is -0.481. The Bertz CT molecular complexity index is 233. The van der Waals surface area contributed by atoms with E-state index in [9.17, 15) is 0 Å². The van der Waals surface area contributed by atoms with Gasteiger partial charge in [0.1, 0.15) is 0 Å². The fraction of sp³-hybridized carbons (Fsp3) is 1.00. The van der Waals surface area contributed by atoms with Crippen molar-refractivity contribution in [1.82, 2.24) is 0 Å². The van der Waals surface area contributed by atoms with Gasteiger partial charge in [0.05, 0.1) is 12.0 Å². The number of hydrogen-bond donors (Lipinski definition) is 0. The van der Waals surface area contributed by atoms with Gasteiger partial charge in [-0.05, 0) is 24.3 Å². The van der Waals surface area contributed by atoms with Gasteiger partial charge in [-0.3, -0.25) is 0 Å². The minimum Gasteiger partial charge on any atom is -0.369 e. The van der Waals surface area contributed by atoms with Gasteiger partial charge < -0.3 is 4.74 Å². The average Bonchev–Trinajstić information content (AvgIpc) is 1.86. The standard InChI is InChI=1S/C12H20OS4/c1-4-13-10(1)17(9-7-14-8-9,11-2-5-15-11)12-3-6-16-12/h9-12H,1-8H2. The molecule has 0 aromatic rings. The molecule has 0 aromatic heterocycles. The maximum absolute atomic E-state index is 6.07. The first-order chi connectivity index (χ1) is 8.42. The third-order valence-electron chi connectivity index (χ3n) is 4.52. The van der Waals surface area contributed by atoms with Crippen LogP contribution < -0.4 is 0 Å². The highest BCUT2D eigenvalue weighted by Crippen LogP contribution is 2.78. The maximum atomic E-state index is 6.07. The van der Waals surface area contributed by atoms with Crippen LogP contribution in [-0.4, -0.2) is 49.5 Å². The Morgan fingerprint density at radius 2 is 1.53 bits per heavy atom. The Hall–Kier alpha value is 1.36. The van der Waals surface area contributed by atoms with Crippen LogP contribution in [0.25, 0.3) is 0 Å². The normalized spacial score (nSPS) is 46.7. The molecule has 4 fully saturated rings. The topological polar surface area (TPSA) is 9.23 Å². The average molecular weight is 309 g/mol. The van der Waals surface area contributed by atoms with Crippen molar-refractivity contribution in [3.8, 4) is 0 Å². The molecule has 0 radical (unpaired) electrons. The summed E-state index contributed by atoms with van der Waals surface area (Å²) in [6, 6.07) is 0. The Kier molecular flexibility index (Phi) is 3.37. The van der Waals surface area contributed by atoms with Gasteiger partial charge in [-0.1, -0.05) is 0 Å². The lowest BCUT2D eigenvalue weighted by Gasteiger charge is -2.67. The van der Waals surface area contributed by atoms with E-state index in [0.717, 1.165) is 21.0 Å². The summed E-state index contributed by atoms with van der Waals surface area (Å²) >= 11 is 6.73. The molecule has 0 aliphatic carbocycles. The van der Waals surface area contributed by atoms with Crippen LogP contribution in [0.15, 0.2) is 0 Å². The summed E-state index contributed by atoms with van der Waals surface area (Å²) in [6.07, 6.45) is 4.38. The second-order valence-corrected chi connectivity index (χ2v) is 13.5. The van der Waals surface area contributed by atoms with Gasteiger partial charge in [-0.15, -0.1) is 23.5 Å². The van der Waals surface area contributed by atoms with E-state index >= 15 is 0 Å². The maximum Gasteiger partial charge on any atom is 0.0921 e. The quantitative estimate of drug-likeness (QED) is 0.784. The zero-order valence-corrected chi connectivity index (χ0v) is 13.3. The Balaban J connectivity index is 1.65. The van der Waals surface area contributed by atoms with E-state index in [1.807, 2.05) is 0 Å². The Morgan fingerprint density at radius 3 is 1.76 bits per heavy atom. The number of hydrogen-bond acceptors (Lipinski definition) is 4. The fourth-order valence-electron chi connectivity index (χ4n) is 3.21. The highest BCUT2D eigenvalue weighted by Gasteiger charge is 2.58. The molecule has 0 saturated carbocycles. The molecule has 98 valence electrons. The summed E-state index contributed by atoms with van der Waals surface area (Å²) in [5.41, 5.74) is 0.698. The third-order valence-corrected chi connectivity index (χ3v) is 16.3. The Labute approximate surface area is 118 Å². The van der Waals surface area contributed by atoms with Crippen LogP contribution >= 0.6 is 45.3 Å². The molecule has 0 amide bonds. The molecule has 5 heteroatoms. The van der Waals surface area contributed by atoms with E-state index in [2.05, 4.69) is 35.3 Å². The van der Waals surface area contributed by atoms with Crippen LogP contribution in [0.4, 0.5) is 0 Å². The van der Waals surface area contributed by atoms with Crippen LogP contribution in [0.3, 0.4) is 0 Å². The van der Waals surface area contributed by atoms with Crippen molar-refractivity contribution in [1.29, 1.82) is 0 Å². The van der Waals surface area contributed by atoms with E-state index in [-0.39, 0.29) is 0 Å². The van der Waals surface area contributed by atoms with Crippen LogP contribution in [0.2, 0.25) is 0 Å². The van der Waals surface area contributed by atoms with Crippen molar-refractivity contribution in [3.05, 3.63) is 0 Å². The molecule has 4 heterocycles. The zero-order valence-electron chi connectivity index (χ0n) is 10.0. The lowest BCUT2D eigenvalue weighted by Crippen LogP contribution is -2.54. The smallest absolute Gasteiger partial charge is 0.0921 e. The van der Waals surface area contributed by atoms with E-state index in [0.29, 0.717) is 5.44 Å². The van der Waals surface area contributed by atoms with Crippen molar-refractivity contribution in [2.45, 2.75) is 39.1 Å². The summed E-state index contributed by atoms with van der Waals surface area (Å²) < 4.78 is 8.09. The second kappa shape index (κ2) is 4.72. The molecule has 4 saturated heterocycles. The van der Waals surface area contributed by atoms with Crippen molar-refractivity contribution in [3.63, 3.8) is 0 Å². The molecule has 0 aromatic carbocycles. The molecule has 4 aliphatic heterocycles. The second-order valence-electron chi connectivity index (χ2n) is 5.24. The number of ether oxygens (including phenoxy) is 1. The molecule has 1 nitrogen and oxygen atoms in total. The van der Waals surface area contributed by atoms with E-state index in [1.165, 1.54) is 42.3 Å². The van der Waals surface area contributed by atoms with E-state index in [4.69, 9.17) is 4.74 Å². The van der Waals surface area contributed by atoms with E-state index < -0.39 is 10.0 Å². The summed E-state index contributed by atoms with van der Waals surface area (Å²) in [5, 5.41) is 1.05. The van der Waals surface area contributed by atoms with Crippen LogP contribution in [0, 0.1) is 0 Å². The van der Waals surface area contributed by atoms with Gasteiger partial charge in [0.15, 0.2) is 0 Å². The van der Waals surface area contributed by atoms with Gasteiger partial charge in [-0.2, -0.15) is 21.8 Å². The summed E-state index contributed by atoms with van der Waals surface area (Å²) in [4.78, 5) is 0. The van der Waals surface area contributed by atoms with Gasteiger partial charge in [0, 0.05) is 32.3 Å². The molecule has 3 atom stereocenters. The molecular weight excluding hydrogens is 288 g/mol. The largest absolute Gasteiger partial charge is 0.369 e. The third kappa shape index (κ3) is 1.68. The van der Waals surface area contributed by atoms with Crippen molar-refractivity contribution >= 4 is 45.3 Å². The van der Waals surface area contributed by atoms with Crippen molar-refractivity contribution in [2.24, 2.45) is 0 Å². The molecule has 4 rings (SSSR count). The van der Waals surface area contributed by atoms with Crippen LogP contribution in [0.5, 0.6) is 0 Å². The lowest BCUT2D eigenvalue weighted by molar-refractivity contribution is 0.00564. The summed E-state index contributed by atoms with van der Waals surface area (Å²) in [6.45, 7) is 1.05. The monoisotopic (exact) mass is 308 g/mol. The van der Waals surface area contributed by atoms with Gasteiger partial charge >= 0.3 is 0 Å².